The van der Waals surface area contributed by atoms with Gasteiger partial charge in [0.25, 0.3) is 11.1 Å². The van der Waals surface area contributed by atoms with Gasteiger partial charge in [-0.3, -0.25) is 23.5 Å². The van der Waals surface area contributed by atoms with Crippen LogP contribution in [0, 0.1) is 0 Å². The second kappa shape index (κ2) is 25.5. The lowest BCUT2D eigenvalue weighted by atomic mass is 10.2. The molecule has 2 aliphatic rings. The van der Waals surface area contributed by atoms with Crippen molar-refractivity contribution in [1.82, 2.24) is 19.1 Å². The predicted octanol–water partition coefficient (Wildman–Crippen LogP) is 2.26. The molecule has 0 amide bonds. The number of aromatic nitrogens is 4. The number of hydrogen-bond acceptors (Lipinski definition) is 17. The van der Waals surface area contributed by atoms with Crippen molar-refractivity contribution in [3.63, 3.8) is 0 Å². The molecule has 2 aromatic heterocycles. The van der Waals surface area contributed by atoms with Gasteiger partial charge in [-0.15, -0.1) is 0 Å². The van der Waals surface area contributed by atoms with Crippen LogP contribution in [0.2, 0.25) is 51.4 Å². The standard InChI is InChI=1S/C19H33N3O6SSi.C19H31N3O6SSi.CH4O/c2*1-5-28-17(23)7-6-16-14-22(15-27-10-13-30(2,3)4)19(24)18(20-16)21-8-11-29(25,26)12-9-21;1-2/h14H,5-13,15H2,1-4H3;6-7,14H,5,8-13,15H2,1-4H3;2H,1H3/b;7-6+;. The number of esters is 2. The number of aryl methyl sites for hydroxylation is 1. The van der Waals surface area contributed by atoms with Crippen molar-refractivity contribution in [2.45, 2.75) is 91.5 Å². The molecule has 62 heavy (non-hydrogen) atoms. The van der Waals surface area contributed by atoms with Gasteiger partial charge >= 0.3 is 11.9 Å². The molecule has 0 radical (unpaired) electrons. The molecular weight excluding hydrogens is 881 g/mol. The third-order valence-corrected chi connectivity index (χ3v) is 15.9. The highest BCUT2D eigenvalue weighted by Crippen LogP contribution is 2.15. The number of sulfone groups is 2. The lowest BCUT2D eigenvalue weighted by molar-refractivity contribution is -0.143. The molecule has 0 spiro atoms. The van der Waals surface area contributed by atoms with Gasteiger partial charge in [0.1, 0.15) is 13.5 Å². The van der Waals surface area contributed by atoms with E-state index in [1.54, 1.807) is 29.8 Å². The molecule has 0 aliphatic carbocycles. The van der Waals surface area contributed by atoms with E-state index in [2.05, 4.69) is 49.3 Å². The third kappa shape index (κ3) is 20.2. The van der Waals surface area contributed by atoms with Crippen molar-refractivity contribution in [3.8, 4) is 0 Å². The average Bonchev–Trinajstić information content (AvgIpc) is 3.19. The monoisotopic (exact) mass is 948 g/mol. The molecule has 0 unspecified atom stereocenters. The van der Waals surface area contributed by atoms with Gasteiger partial charge in [-0.05, 0) is 32.0 Å². The first kappa shape index (κ1) is 54.4. The summed E-state index contributed by atoms with van der Waals surface area (Å²) in [5.74, 6) is -0.525. The fourth-order valence-electron chi connectivity index (χ4n) is 5.67. The number of aliphatic hydroxyl groups is 1. The summed E-state index contributed by atoms with van der Waals surface area (Å²) < 4.78 is 71.1. The van der Waals surface area contributed by atoms with Crippen LogP contribution in [0.4, 0.5) is 11.6 Å². The van der Waals surface area contributed by atoms with Gasteiger partial charge in [-0.1, -0.05) is 39.3 Å². The Morgan fingerprint density at radius 2 is 1.15 bits per heavy atom. The smallest absolute Gasteiger partial charge is 0.330 e. The van der Waals surface area contributed by atoms with Gasteiger partial charge in [0.15, 0.2) is 31.3 Å². The van der Waals surface area contributed by atoms with Crippen LogP contribution in [-0.4, -0.2) is 152 Å². The minimum atomic E-state index is -3.09. The number of aliphatic hydroxyl groups excluding tert-OH is 1. The van der Waals surface area contributed by atoms with E-state index < -0.39 is 41.8 Å². The maximum atomic E-state index is 13.0. The molecule has 23 heteroatoms. The predicted molar refractivity (Wildman–Crippen MR) is 246 cm³/mol. The first-order chi connectivity index (χ1) is 29.0. The summed E-state index contributed by atoms with van der Waals surface area (Å²) in [6, 6.07) is 1.96. The van der Waals surface area contributed by atoms with E-state index >= 15 is 0 Å². The number of anilines is 2. The number of ether oxygens (including phenoxy) is 4. The fourth-order valence-corrected chi connectivity index (χ4v) is 9.58. The second-order valence-corrected chi connectivity index (χ2v) is 32.8. The lowest BCUT2D eigenvalue weighted by Gasteiger charge is -2.28. The Morgan fingerprint density at radius 3 is 1.58 bits per heavy atom. The molecule has 1 N–H and O–H groups in total. The van der Waals surface area contributed by atoms with E-state index in [4.69, 9.17) is 24.1 Å². The average molecular weight is 949 g/mol. The van der Waals surface area contributed by atoms with Gasteiger partial charge in [-0.25, -0.2) is 31.6 Å². The maximum Gasteiger partial charge on any atom is 0.330 e. The molecule has 2 saturated heterocycles. The summed E-state index contributed by atoms with van der Waals surface area (Å²) >= 11 is 0. The highest BCUT2D eigenvalue weighted by atomic mass is 32.2. The number of carbonyl (C=O) groups is 2. The minimum absolute atomic E-state index is 0.00607. The normalized spacial score (nSPS) is 16.2. The van der Waals surface area contributed by atoms with Gasteiger partial charge in [0, 0.05) is 87.5 Å². The highest BCUT2D eigenvalue weighted by molar-refractivity contribution is 7.91. The largest absolute Gasteiger partial charge is 0.466 e. The fraction of sp³-hybridized carbons (Fsp3) is 0.692. The first-order valence-electron chi connectivity index (χ1n) is 20.7. The molecule has 0 atom stereocenters. The van der Waals surface area contributed by atoms with E-state index in [1.807, 2.05) is 0 Å². The second-order valence-electron chi connectivity index (χ2n) is 17.0. The van der Waals surface area contributed by atoms with Crippen LogP contribution in [-0.2, 0) is 68.1 Å². The molecule has 352 valence electrons. The topological polar surface area (TPSA) is 236 Å². The molecule has 4 rings (SSSR count). The lowest BCUT2D eigenvalue weighted by Crippen LogP contribution is -2.44. The number of rotatable bonds is 19. The van der Waals surface area contributed by atoms with E-state index in [0.717, 1.165) is 19.2 Å². The Labute approximate surface area is 368 Å². The zero-order chi connectivity index (χ0) is 46.7. The van der Waals surface area contributed by atoms with Crippen LogP contribution in [0.1, 0.15) is 31.7 Å². The van der Waals surface area contributed by atoms with Crippen molar-refractivity contribution >= 4 is 65.5 Å². The molecule has 2 aliphatic heterocycles. The Morgan fingerprint density at radius 1 is 0.710 bits per heavy atom. The van der Waals surface area contributed by atoms with Crippen molar-refractivity contribution in [1.29, 1.82) is 0 Å². The third-order valence-electron chi connectivity index (χ3n) is 9.29. The molecule has 4 heterocycles. The van der Waals surface area contributed by atoms with Crippen LogP contribution in [0.5, 0.6) is 0 Å². The number of hydrogen-bond donors (Lipinski definition) is 1. The van der Waals surface area contributed by atoms with Gasteiger partial charge in [0.2, 0.25) is 0 Å². The number of carbonyl (C=O) groups excluding carboxylic acids is 2. The summed E-state index contributed by atoms with van der Waals surface area (Å²) in [7, 11) is -7.67. The van der Waals surface area contributed by atoms with Crippen molar-refractivity contribution in [2.24, 2.45) is 0 Å². The molecule has 0 saturated carbocycles. The van der Waals surface area contributed by atoms with Crippen molar-refractivity contribution in [2.75, 3.05) is 92.5 Å². The minimum Gasteiger partial charge on any atom is -0.466 e. The number of nitrogens with zero attached hydrogens (tertiary/aromatic N) is 6. The highest BCUT2D eigenvalue weighted by Gasteiger charge is 2.27. The van der Waals surface area contributed by atoms with E-state index in [9.17, 15) is 36.0 Å². The zero-order valence-corrected chi connectivity index (χ0v) is 41.5. The molecule has 2 fully saturated rings. The maximum absolute atomic E-state index is 13.0. The van der Waals surface area contributed by atoms with Gasteiger partial charge in [0.05, 0.1) is 54.0 Å². The summed E-state index contributed by atoms with van der Waals surface area (Å²) in [6.45, 7) is 19.7. The van der Waals surface area contributed by atoms with Crippen LogP contribution < -0.4 is 20.9 Å². The summed E-state index contributed by atoms with van der Waals surface area (Å²) in [6.07, 6.45) is 6.34. The van der Waals surface area contributed by atoms with E-state index in [-0.39, 0.29) is 104 Å². The Bertz CT molecular complexity index is 2110. The van der Waals surface area contributed by atoms with Crippen molar-refractivity contribution < 1.29 is 50.5 Å². The zero-order valence-electron chi connectivity index (χ0n) is 37.9. The Kier molecular flexibility index (Phi) is 22.4. The molecule has 0 aromatic carbocycles. The first-order valence-corrected chi connectivity index (χ1v) is 31.8. The quantitative estimate of drug-likeness (QED) is 0.0920. The molecular formula is C39H68N6O13S2Si2. The van der Waals surface area contributed by atoms with Crippen molar-refractivity contribution in [3.05, 3.63) is 50.6 Å². The summed E-state index contributed by atoms with van der Waals surface area (Å²) in [5.41, 5.74) is 0.289. The Balaban J connectivity index is 0.000000410. The van der Waals surface area contributed by atoms with E-state index in [0.29, 0.717) is 37.6 Å². The van der Waals surface area contributed by atoms with E-state index in [1.165, 1.54) is 27.5 Å². The van der Waals surface area contributed by atoms with Crippen LogP contribution in [0.25, 0.3) is 6.08 Å². The molecule has 19 nitrogen and oxygen atoms in total. The van der Waals surface area contributed by atoms with Gasteiger partial charge in [-0.2, -0.15) is 0 Å². The molecule has 2 aromatic rings. The Hall–Kier alpha value is -3.75. The SMILES string of the molecule is CCOC(=O)/C=C/c1cn(COCC[Si](C)(C)C)c(=O)c(N2CCS(=O)(=O)CC2)n1.CCOC(=O)CCc1cn(COCC[Si](C)(C)C)c(=O)c(N2CCS(=O)(=O)CC2)n1.CO. The molecule has 0 bridgehead atoms. The summed E-state index contributed by atoms with van der Waals surface area (Å²) in [4.78, 5) is 61.4. The van der Waals surface area contributed by atoms with Crippen LogP contribution in [0.3, 0.4) is 0 Å². The van der Waals surface area contributed by atoms with Crippen LogP contribution in [0.15, 0.2) is 28.1 Å². The summed E-state index contributed by atoms with van der Waals surface area (Å²) in [5, 5.41) is 7.00. The van der Waals surface area contributed by atoms with Crippen LogP contribution >= 0.6 is 0 Å². The van der Waals surface area contributed by atoms with Gasteiger partial charge < -0.3 is 33.9 Å².